The third kappa shape index (κ3) is 7.62. The Morgan fingerprint density at radius 2 is 1.70 bits per heavy atom. The van der Waals surface area contributed by atoms with Crippen molar-refractivity contribution in [3.63, 3.8) is 0 Å². The highest BCUT2D eigenvalue weighted by atomic mass is 31.3. The summed E-state index contributed by atoms with van der Waals surface area (Å²) < 4.78 is 49.1. The van der Waals surface area contributed by atoms with Gasteiger partial charge in [0.2, 0.25) is 5.88 Å². The van der Waals surface area contributed by atoms with E-state index in [0.29, 0.717) is 23.0 Å². The summed E-state index contributed by atoms with van der Waals surface area (Å²) in [6.07, 6.45) is 7.49. The first-order valence-corrected chi connectivity index (χ1v) is 18.0. The Hall–Kier alpha value is -3.33. The van der Waals surface area contributed by atoms with Gasteiger partial charge in [-0.25, -0.2) is 18.6 Å². The van der Waals surface area contributed by atoms with E-state index >= 15 is 0 Å². The Kier molecular flexibility index (Phi) is 9.78. The van der Waals surface area contributed by atoms with E-state index in [1.807, 2.05) is 24.4 Å². The second kappa shape index (κ2) is 13.8. The highest BCUT2D eigenvalue weighted by molar-refractivity contribution is 7.61. The molecule has 4 unspecified atom stereocenters. The van der Waals surface area contributed by atoms with E-state index in [4.69, 9.17) is 25.5 Å². The summed E-state index contributed by atoms with van der Waals surface area (Å²) in [7, 11) is -9.90. The van der Waals surface area contributed by atoms with Crippen molar-refractivity contribution < 1.29 is 41.7 Å². The maximum atomic E-state index is 12.2. The number of rotatable bonds is 14. The predicted molar refractivity (Wildman–Crippen MR) is 168 cm³/mol. The van der Waals surface area contributed by atoms with E-state index in [2.05, 4.69) is 33.8 Å². The number of phosphoric acid groups is 2. The van der Waals surface area contributed by atoms with E-state index in [1.54, 1.807) is 24.3 Å². The molecular weight excluding hydrogens is 640 g/mol. The summed E-state index contributed by atoms with van der Waals surface area (Å²) >= 11 is 0. The number of hydrogen-bond donors (Lipinski definition) is 4. The average Bonchev–Trinajstić information content (AvgIpc) is 3.27. The molecule has 6 rings (SSSR count). The van der Waals surface area contributed by atoms with Gasteiger partial charge in [0.1, 0.15) is 11.9 Å². The van der Waals surface area contributed by atoms with Gasteiger partial charge in [0.15, 0.2) is 12.6 Å². The van der Waals surface area contributed by atoms with Crippen LogP contribution in [0.25, 0.3) is 11.3 Å². The molecule has 4 heterocycles. The van der Waals surface area contributed by atoms with Crippen LogP contribution in [0.5, 0.6) is 11.6 Å². The fourth-order valence-corrected chi connectivity index (χ4v) is 7.83. The summed E-state index contributed by atoms with van der Waals surface area (Å²) in [5, 5.41) is 8.51. The van der Waals surface area contributed by atoms with Crippen LogP contribution in [0.4, 0.5) is 17.2 Å². The Bertz CT molecular complexity index is 1620. The van der Waals surface area contributed by atoms with Gasteiger partial charge in [-0.15, -0.1) is 10.2 Å². The van der Waals surface area contributed by atoms with E-state index in [1.165, 1.54) is 6.42 Å². The predicted octanol–water partition coefficient (Wildman–Crippen LogP) is 3.46. The largest absolute Gasteiger partial charge is 0.484 e. The molecule has 4 atom stereocenters. The summed E-state index contributed by atoms with van der Waals surface area (Å²) in [5.74, 6) is 1.21. The molecule has 1 aliphatic carbocycles. The second-order valence-corrected chi connectivity index (χ2v) is 14.3. The molecule has 6 N–H and O–H groups in total. The number of benzene rings is 1. The molecule has 3 fully saturated rings. The zero-order valence-electron chi connectivity index (χ0n) is 25.0. The lowest BCUT2D eigenvalue weighted by molar-refractivity contribution is 0.0783. The summed E-state index contributed by atoms with van der Waals surface area (Å²) in [6.45, 7) is 0.216. The lowest BCUT2D eigenvalue weighted by Crippen LogP contribution is -2.54. The van der Waals surface area contributed by atoms with Crippen molar-refractivity contribution in [2.45, 2.75) is 50.3 Å². The van der Waals surface area contributed by atoms with Crippen LogP contribution in [0.2, 0.25) is 0 Å². The van der Waals surface area contributed by atoms with Crippen LogP contribution in [0.3, 0.4) is 0 Å². The lowest BCUT2D eigenvalue weighted by Gasteiger charge is -2.43. The molecule has 46 heavy (non-hydrogen) atoms. The van der Waals surface area contributed by atoms with Gasteiger partial charge in [0, 0.05) is 55.2 Å². The highest BCUT2D eigenvalue weighted by Crippen LogP contribution is 2.60. The minimum absolute atomic E-state index is 0.0972. The molecule has 0 radical (unpaired) electrons. The van der Waals surface area contributed by atoms with Gasteiger partial charge in [-0.3, -0.25) is 4.52 Å². The number of piperazine rings is 1. The first kappa shape index (κ1) is 32.6. The molecule has 3 aliphatic rings. The molecule has 2 bridgehead atoms. The smallest absolute Gasteiger partial charge is 0.474 e. The number of anilines is 3. The van der Waals surface area contributed by atoms with E-state index in [0.717, 1.165) is 50.1 Å². The van der Waals surface area contributed by atoms with Gasteiger partial charge in [0.25, 0.3) is 0 Å². The first-order chi connectivity index (χ1) is 22.1. The maximum Gasteiger partial charge on any atom is 0.484 e. The molecule has 2 aromatic heterocycles. The van der Waals surface area contributed by atoms with Crippen molar-refractivity contribution in [1.82, 2.24) is 15.2 Å². The number of phosphoric ester groups is 2. The van der Waals surface area contributed by atoms with Crippen molar-refractivity contribution in [3.8, 4) is 22.9 Å². The van der Waals surface area contributed by atoms with Crippen molar-refractivity contribution in [2.75, 3.05) is 48.6 Å². The van der Waals surface area contributed by atoms with E-state index in [9.17, 15) is 18.9 Å². The average molecular weight is 678 g/mol. The van der Waals surface area contributed by atoms with Gasteiger partial charge in [-0.05, 0) is 56.4 Å². The Morgan fingerprint density at radius 1 is 0.957 bits per heavy atom. The zero-order valence-corrected chi connectivity index (χ0v) is 26.7. The van der Waals surface area contributed by atoms with E-state index in [-0.39, 0.29) is 37.1 Å². The summed E-state index contributed by atoms with van der Waals surface area (Å²) in [4.78, 5) is 28.5. The van der Waals surface area contributed by atoms with Crippen LogP contribution in [0.1, 0.15) is 32.1 Å². The van der Waals surface area contributed by atoms with Gasteiger partial charge in [-0.1, -0.05) is 12.1 Å². The maximum absolute atomic E-state index is 12.2. The van der Waals surface area contributed by atoms with Crippen molar-refractivity contribution in [3.05, 3.63) is 48.7 Å². The number of hydrogen-bond acceptors (Lipinski definition) is 14. The highest BCUT2D eigenvalue weighted by Gasteiger charge is 2.41. The Labute approximate surface area is 265 Å². The zero-order chi connectivity index (χ0) is 32.3. The number of pyridine rings is 1. The molecule has 2 saturated heterocycles. The molecule has 2 aliphatic heterocycles. The summed E-state index contributed by atoms with van der Waals surface area (Å²) in [6, 6.07) is 13.3. The number of nitrogens with two attached hydrogens (primary N) is 2. The molecule has 248 valence electrons. The third-order valence-corrected chi connectivity index (χ3v) is 10.7. The Balaban J connectivity index is 1.13. The van der Waals surface area contributed by atoms with Crippen molar-refractivity contribution in [1.29, 1.82) is 0 Å². The molecule has 0 amide bonds. The summed E-state index contributed by atoms with van der Waals surface area (Å²) in [5.41, 5.74) is 14.4. The SMILES string of the molecule is NCCOP(=O)(O)OP(=O)(O)OCOc1ccccc1-c1cc(N2CC3CCC(C2)N3c2ccnc(OC3CCC3)c2)c(N)nn1. The molecule has 0 spiro atoms. The molecule has 16 nitrogen and oxygen atoms in total. The van der Waals surface area contributed by atoms with Crippen LogP contribution >= 0.6 is 15.6 Å². The normalized spacial score (nSPS) is 22.2. The molecule has 3 aromatic rings. The Morgan fingerprint density at radius 3 is 2.41 bits per heavy atom. The van der Waals surface area contributed by atoms with Crippen LogP contribution in [-0.4, -0.2) is 76.2 Å². The third-order valence-electron chi connectivity index (χ3n) is 8.15. The standard InChI is InChI=1S/C28H37N7O9P2/c29-11-13-41-45(36,37)44-46(38,39)42-18-40-26-7-2-1-6-23(26)24-15-25(28(30)33-32-24)34-16-20-8-9-21(17-34)35(20)19-10-12-31-27(14-19)43-22-4-3-5-22/h1-2,6-7,10,12,14-15,20-22H,3-5,8-9,11,13,16-18,29H2,(H2,30,33)(H,36,37)(H,38,39). The quantitative estimate of drug-likeness (QED) is 0.142. The van der Waals surface area contributed by atoms with Crippen molar-refractivity contribution >= 4 is 32.8 Å². The minimum Gasteiger partial charge on any atom is -0.474 e. The fraction of sp³-hybridized carbons (Fsp3) is 0.464. The fourth-order valence-electron chi connectivity index (χ4n) is 5.89. The van der Waals surface area contributed by atoms with Crippen LogP contribution < -0.4 is 30.7 Å². The lowest BCUT2D eigenvalue weighted by atomic mass is 9.96. The molecular formula is C28H37N7O9P2. The first-order valence-electron chi connectivity index (χ1n) is 15.0. The number of ether oxygens (including phenoxy) is 2. The molecule has 1 saturated carbocycles. The number of aromatic nitrogens is 3. The number of nitrogen functional groups attached to an aromatic ring is 1. The number of para-hydroxylation sites is 1. The molecule has 1 aromatic carbocycles. The topological polar surface area (TPSA) is 218 Å². The van der Waals surface area contributed by atoms with Gasteiger partial charge >= 0.3 is 15.6 Å². The van der Waals surface area contributed by atoms with Gasteiger partial charge in [-0.2, -0.15) is 4.31 Å². The van der Waals surface area contributed by atoms with E-state index < -0.39 is 22.4 Å². The van der Waals surface area contributed by atoms with Crippen LogP contribution in [0, 0.1) is 0 Å². The van der Waals surface area contributed by atoms with Gasteiger partial charge in [0.05, 0.1) is 18.0 Å². The second-order valence-electron chi connectivity index (χ2n) is 11.2. The minimum atomic E-state index is -5.02. The van der Waals surface area contributed by atoms with Gasteiger partial charge < -0.3 is 40.5 Å². The van der Waals surface area contributed by atoms with Crippen molar-refractivity contribution in [2.24, 2.45) is 5.73 Å². The monoisotopic (exact) mass is 677 g/mol. The van der Waals surface area contributed by atoms with Crippen LogP contribution in [0.15, 0.2) is 48.7 Å². The van der Waals surface area contributed by atoms with Crippen LogP contribution in [-0.2, 0) is 22.5 Å². The molecule has 18 heteroatoms. The number of fused-ring (bicyclic) bond motifs is 2. The number of nitrogens with zero attached hydrogens (tertiary/aromatic N) is 5.